The lowest BCUT2D eigenvalue weighted by Gasteiger charge is -2.24. The van der Waals surface area contributed by atoms with E-state index in [4.69, 9.17) is 4.74 Å². The third-order valence-electron chi connectivity index (χ3n) is 4.68. The minimum atomic E-state index is -4.02. The van der Waals surface area contributed by atoms with Crippen molar-refractivity contribution in [1.29, 1.82) is 0 Å². The first kappa shape index (κ1) is 21.3. The Bertz CT molecular complexity index is 821. The van der Waals surface area contributed by atoms with Crippen molar-refractivity contribution in [2.45, 2.75) is 56.8 Å². The van der Waals surface area contributed by atoms with Crippen LogP contribution in [0.15, 0.2) is 23.1 Å². The molecule has 0 spiro atoms. The quantitative estimate of drug-likeness (QED) is 0.708. The number of methoxy groups -OCH3 is 1. The van der Waals surface area contributed by atoms with Gasteiger partial charge < -0.3 is 14.6 Å². The maximum absolute atomic E-state index is 13.0. The van der Waals surface area contributed by atoms with Crippen molar-refractivity contribution in [3.05, 3.63) is 29.3 Å². The highest BCUT2D eigenvalue weighted by molar-refractivity contribution is 7.89. The molecule has 1 fully saturated rings. The highest BCUT2D eigenvalue weighted by atomic mass is 32.2. The monoisotopic (exact) mass is 399 g/mol. The van der Waals surface area contributed by atoms with Gasteiger partial charge in [0, 0.05) is 13.0 Å². The van der Waals surface area contributed by atoms with Crippen molar-refractivity contribution in [3.8, 4) is 0 Å². The molecule has 1 aliphatic rings. The molecular formula is C18H25NO7S. The van der Waals surface area contributed by atoms with E-state index in [1.54, 1.807) is 19.9 Å². The number of hydrogen-bond donors (Lipinski definition) is 1. The van der Waals surface area contributed by atoms with Crippen LogP contribution in [0.5, 0.6) is 0 Å². The van der Waals surface area contributed by atoms with E-state index in [9.17, 15) is 23.1 Å². The molecule has 0 radical (unpaired) electrons. The molecule has 1 N–H and O–H groups in total. The second-order valence-corrected chi connectivity index (χ2v) is 8.47. The molecule has 3 atom stereocenters. The molecule has 150 valence electrons. The minimum Gasteiger partial charge on any atom is -0.466 e. The highest BCUT2D eigenvalue weighted by Crippen LogP contribution is 2.28. The van der Waals surface area contributed by atoms with Crippen molar-refractivity contribution >= 4 is 22.0 Å². The van der Waals surface area contributed by atoms with Crippen LogP contribution in [0.4, 0.5) is 0 Å². The SMILES string of the molecule is CC[C@@H](OC(=O)[C@@H]1C[C@H](O)CN1S(=O)(=O)c1ccc(C)c(C)c1)C(=O)OC. The third-order valence-corrected chi connectivity index (χ3v) is 6.55. The standard InChI is InChI=1S/C18H25NO7S/c1-5-16(18(22)25-4)26-17(21)15-9-13(20)10-19(15)27(23,24)14-7-6-11(2)12(3)8-14/h6-8,13,15-16,20H,5,9-10H2,1-4H3/t13-,15-,16+/m0/s1. The number of esters is 2. The number of sulfonamides is 1. The van der Waals surface area contributed by atoms with Crippen LogP contribution >= 0.6 is 0 Å². The third kappa shape index (κ3) is 4.48. The highest BCUT2D eigenvalue weighted by Gasteiger charge is 2.45. The zero-order valence-corrected chi connectivity index (χ0v) is 16.7. The predicted octanol–water partition coefficient (Wildman–Crippen LogP) is 0.922. The van der Waals surface area contributed by atoms with E-state index < -0.39 is 40.2 Å². The van der Waals surface area contributed by atoms with E-state index in [0.717, 1.165) is 15.4 Å². The van der Waals surface area contributed by atoms with Crippen LogP contribution in [0.25, 0.3) is 0 Å². The van der Waals surface area contributed by atoms with Gasteiger partial charge >= 0.3 is 11.9 Å². The Morgan fingerprint density at radius 2 is 1.96 bits per heavy atom. The number of carbonyl (C=O) groups is 2. The number of ether oxygens (including phenoxy) is 2. The van der Waals surface area contributed by atoms with E-state index >= 15 is 0 Å². The van der Waals surface area contributed by atoms with E-state index in [2.05, 4.69) is 4.74 Å². The van der Waals surface area contributed by atoms with Crippen molar-refractivity contribution in [3.63, 3.8) is 0 Å². The number of aryl methyl sites for hydroxylation is 2. The Labute approximate surface area is 159 Å². The topological polar surface area (TPSA) is 110 Å². The van der Waals surface area contributed by atoms with Gasteiger partial charge in [-0.2, -0.15) is 4.31 Å². The number of nitrogens with zero attached hydrogens (tertiary/aromatic N) is 1. The molecule has 9 heteroatoms. The molecule has 0 saturated carbocycles. The number of hydrogen-bond acceptors (Lipinski definition) is 7. The number of carbonyl (C=O) groups excluding carboxylic acids is 2. The van der Waals surface area contributed by atoms with Gasteiger partial charge in [0.15, 0.2) is 6.10 Å². The summed E-state index contributed by atoms with van der Waals surface area (Å²) in [4.78, 5) is 24.2. The molecule has 1 aromatic rings. The lowest BCUT2D eigenvalue weighted by molar-refractivity contribution is -0.168. The molecule has 27 heavy (non-hydrogen) atoms. The summed E-state index contributed by atoms with van der Waals surface area (Å²) >= 11 is 0. The van der Waals surface area contributed by atoms with Crippen molar-refractivity contribution in [1.82, 2.24) is 4.31 Å². The van der Waals surface area contributed by atoms with E-state index in [1.165, 1.54) is 19.2 Å². The lowest BCUT2D eigenvalue weighted by atomic mass is 10.1. The summed E-state index contributed by atoms with van der Waals surface area (Å²) in [6, 6.07) is 3.48. The predicted molar refractivity (Wildman–Crippen MR) is 96.4 cm³/mol. The number of aliphatic hydroxyl groups excluding tert-OH is 1. The first-order chi connectivity index (χ1) is 12.6. The average Bonchev–Trinajstić information content (AvgIpc) is 3.03. The maximum atomic E-state index is 13.0. The van der Waals surface area contributed by atoms with Crippen LogP contribution in [0, 0.1) is 13.8 Å². The van der Waals surface area contributed by atoms with Crippen LogP contribution in [0.1, 0.15) is 30.9 Å². The molecule has 2 rings (SSSR count). The molecule has 1 aromatic carbocycles. The normalized spacial score (nSPS) is 21.7. The molecule has 0 amide bonds. The van der Waals surface area contributed by atoms with Crippen LogP contribution in [-0.2, 0) is 29.1 Å². The molecule has 1 saturated heterocycles. The summed E-state index contributed by atoms with van der Waals surface area (Å²) in [5.74, 6) is -1.59. The first-order valence-electron chi connectivity index (χ1n) is 8.67. The van der Waals surface area contributed by atoms with Crippen molar-refractivity contribution in [2.75, 3.05) is 13.7 Å². The van der Waals surface area contributed by atoms with Gasteiger partial charge in [-0.25, -0.2) is 13.2 Å². The van der Waals surface area contributed by atoms with Crippen LogP contribution in [0.2, 0.25) is 0 Å². The summed E-state index contributed by atoms with van der Waals surface area (Å²) < 4.78 is 36.7. The summed E-state index contributed by atoms with van der Waals surface area (Å²) in [5.41, 5.74) is 1.74. The molecule has 1 aliphatic heterocycles. The van der Waals surface area contributed by atoms with Crippen LogP contribution in [0.3, 0.4) is 0 Å². The number of β-amino-alcohol motifs (C(OH)–C–C–N with tert-alkyl or cyclic N) is 1. The van der Waals surface area contributed by atoms with Gasteiger partial charge in [0.25, 0.3) is 0 Å². The molecule has 8 nitrogen and oxygen atoms in total. The fourth-order valence-electron chi connectivity index (χ4n) is 2.92. The lowest BCUT2D eigenvalue weighted by Crippen LogP contribution is -2.43. The molecule has 0 bridgehead atoms. The first-order valence-corrected chi connectivity index (χ1v) is 10.1. The number of rotatable bonds is 6. The Balaban J connectivity index is 2.30. The van der Waals surface area contributed by atoms with Gasteiger partial charge in [0.05, 0.1) is 18.1 Å². The van der Waals surface area contributed by atoms with Crippen LogP contribution in [-0.4, -0.2) is 61.7 Å². The summed E-state index contributed by atoms with van der Waals surface area (Å²) in [7, 11) is -2.84. The summed E-state index contributed by atoms with van der Waals surface area (Å²) in [5, 5.41) is 9.97. The molecule has 0 aliphatic carbocycles. The minimum absolute atomic E-state index is 0.0394. The van der Waals surface area contributed by atoms with Gasteiger partial charge in [-0.05, 0) is 43.5 Å². The number of aliphatic hydroxyl groups is 1. The summed E-state index contributed by atoms with van der Waals surface area (Å²) in [6.07, 6.45) is -2.02. The Morgan fingerprint density at radius 1 is 1.30 bits per heavy atom. The average molecular weight is 399 g/mol. The van der Waals surface area contributed by atoms with E-state index in [-0.39, 0.29) is 24.3 Å². The van der Waals surface area contributed by atoms with E-state index in [1.807, 2.05) is 6.92 Å². The fourth-order valence-corrected chi connectivity index (χ4v) is 4.63. The van der Waals surface area contributed by atoms with Gasteiger partial charge in [-0.1, -0.05) is 13.0 Å². The van der Waals surface area contributed by atoms with Crippen molar-refractivity contribution < 1.29 is 32.6 Å². The summed E-state index contributed by atoms with van der Waals surface area (Å²) in [6.45, 7) is 5.08. The maximum Gasteiger partial charge on any atom is 0.347 e. The zero-order valence-electron chi connectivity index (χ0n) is 15.8. The fraction of sp³-hybridized carbons (Fsp3) is 0.556. The second kappa shape index (κ2) is 8.37. The Morgan fingerprint density at radius 3 is 2.52 bits per heavy atom. The molecule has 0 aromatic heterocycles. The Hall–Kier alpha value is -1.97. The van der Waals surface area contributed by atoms with Crippen LogP contribution < -0.4 is 0 Å². The Kier molecular flexibility index (Phi) is 6.61. The van der Waals surface area contributed by atoms with Gasteiger partial charge in [-0.3, -0.25) is 4.79 Å². The number of benzene rings is 1. The van der Waals surface area contributed by atoms with Gasteiger partial charge in [0.2, 0.25) is 10.0 Å². The van der Waals surface area contributed by atoms with Crippen molar-refractivity contribution in [2.24, 2.45) is 0 Å². The van der Waals surface area contributed by atoms with Gasteiger partial charge in [-0.15, -0.1) is 0 Å². The molecule has 1 heterocycles. The largest absolute Gasteiger partial charge is 0.466 e. The molecular weight excluding hydrogens is 374 g/mol. The smallest absolute Gasteiger partial charge is 0.347 e. The van der Waals surface area contributed by atoms with Gasteiger partial charge in [0.1, 0.15) is 6.04 Å². The van der Waals surface area contributed by atoms with E-state index in [0.29, 0.717) is 0 Å². The molecule has 0 unspecified atom stereocenters. The zero-order chi connectivity index (χ0) is 20.4. The second-order valence-electron chi connectivity index (χ2n) is 6.58.